The molecule has 15 aliphatic rings. The van der Waals surface area contributed by atoms with E-state index in [1.807, 2.05) is 42.5 Å². The number of ether oxygens (including phenoxy) is 16. The lowest BCUT2D eigenvalue weighted by Crippen LogP contribution is -2.61. The van der Waals surface area contributed by atoms with Gasteiger partial charge in [0, 0.05) is 77.4 Å². The van der Waals surface area contributed by atoms with E-state index in [0.717, 1.165) is 40.9 Å². The Labute approximate surface area is 687 Å². The van der Waals surface area contributed by atoms with Crippen LogP contribution < -0.4 is 0 Å². The molecular formula is C81H102Br3O25P2S+. The quantitative estimate of drug-likeness (QED) is 0.0217. The van der Waals surface area contributed by atoms with Crippen LogP contribution in [-0.2, 0) is 97.2 Å². The molecule has 0 spiro atoms. The summed E-state index contributed by atoms with van der Waals surface area (Å²) in [6, 6.07) is 26.6. The Kier molecular flexibility index (Phi) is 29.9. The Balaban J connectivity index is 0.000000145. The summed E-state index contributed by atoms with van der Waals surface area (Å²) in [6.45, 7) is 10.9. The highest BCUT2D eigenvalue weighted by Gasteiger charge is 2.71. The smallest absolute Gasteiger partial charge is 0.355 e. The van der Waals surface area contributed by atoms with Gasteiger partial charge in [-0.1, -0.05) is 122 Å². The topological polar surface area (TPSA) is 314 Å². The minimum Gasteiger partial charge on any atom is -0.458 e. The lowest BCUT2D eigenvalue weighted by molar-refractivity contribution is -0.293. The molecule has 7 unspecified atom stereocenters. The number of benzene rings is 3. The highest BCUT2D eigenvalue weighted by molar-refractivity contribution is 9.12. The van der Waals surface area contributed by atoms with Crippen molar-refractivity contribution >= 4 is 105 Å². The zero-order valence-corrected chi connectivity index (χ0v) is 69.8. The minimum atomic E-state index is -1.06. The molecule has 0 aliphatic carbocycles. The van der Waals surface area contributed by atoms with E-state index < -0.39 is 73.4 Å². The first kappa shape index (κ1) is 84.8. The summed E-state index contributed by atoms with van der Waals surface area (Å²) in [7, 11) is 2.20. The lowest BCUT2D eigenvalue weighted by Gasteiger charge is -2.47. The second-order valence-corrected chi connectivity index (χ2v) is 37.1. The van der Waals surface area contributed by atoms with Gasteiger partial charge in [0.05, 0.1) is 80.6 Å². The molecule has 4 N–H and O–H groups in total. The van der Waals surface area contributed by atoms with Gasteiger partial charge in [-0.05, 0) is 120 Å². The molecule has 15 saturated heterocycles. The van der Waals surface area contributed by atoms with E-state index in [1.54, 1.807) is 48.5 Å². The van der Waals surface area contributed by atoms with Crippen LogP contribution in [0.5, 0.6) is 0 Å². The van der Waals surface area contributed by atoms with Gasteiger partial charge in [0.2, 0.25) is 0 Å². The van der Waals surface area contributed by atoms with Crippen LogP contribution in [0.2, 0.25) is 0 Å². The van der Waals surface area contributed by atoms with Gasteiger partial charge in [0.15, 0.2) is 30.4 Å². The summed E-state index contributed by atoms with van der Waals surface area (Å²) in [5.74, 6) is -3.07. The molecule has 31 atom stereocenters. The number of ketones is 1. The molecule has 0 amide bonds. The number of esters is 3. The van der Waals surface area contributed by atoms with Crippen molar-refractivity contribution in [1.82, 2.24) is 0 Å². The first-order valence-corrected chi connectivity index (χ1v) is 44.9. The summed E-state index contributed by atoms with van der Waals surface area (Å²) in [4.78, 5) is 61.9. The molecule has 0 radical (unpaired) electrons. The Hall–Kier alpha value is -3.66. The maximum Gasteiger partial charge on any atom is 0.355 e. The Morgan fingerprint density at radius 3 is 1.28 bits per heavy atom. The van der Waals surface area contributed by atoms with E-state index in [9.17, 15) is 44.4 Å². The van der Waals surface area contributed by atoms with Gasteiger partial charge in [-0.25, -0.2) is 14.4 Å². The molecule has 15 heterocycles. The summed E-state index contributed by atoms with van der Waals surface area (Å²) in [5.41, 5.74) is 1.45. The van der Waals surface area contributed by atoms with Crippen molar-refractivity contribution in [2.75, 3.05) is 13.2 Å². The van der Waals surface area contributed by atoms with Crippen LogP contribution in [0.25, 0.3) is 0 Å². The molecule has 612 valence electrons. The van der Waals surface area contributed by atoms with Crippen molar-refractivity contribution in [3.8, 4) is 0 Å². The number of fused-ring (bicyclic) bond motifs is 4. The summed E-state index contributed by atoms with van der Waals surface area (Å²) in [6.07, 6.45) is 2.26. The number of aliphatic hydroxyl groups excluding tert-OH is 4. The van der Waals surface area contributed by atoms with Crippen LogP contribution >= 0.6 is 63.7 Å². The first-order valence-electron chi connectivity index (χ1n) is 39.5. The Bertz CT molecular complexity index is 3790. The fourth-order valence-corrected chi connectivity index (χ4v) is 19.3. The van der Waals surface area contributed by atoms with Crippen molar-refractivity contribution in [1.29, 1.82) is 1.28 Å². The molecule has 31 heteroatoms. The zero-order valence-electron chi connectivity index (χ0n) is 63.1. The average molecular weight is 1810 g/mol. The third-order valence-corrected chi connectivity index (χ3v) is 24.2. The van der Waals surface area contributed by atoms with Crippen LogP contribution in [0, 0.1) is 0 Å². The standard InChI is InChI=1S/C27H35BrO9.C27H33BrO8.C27H31BrO8.H2P2S/c1-15(28)13-19(35-27(33)16-5-3-2-4-6-16)8-7-17(30)14-21-22(31)25-26(37-21)23(32)24-20(36-25)10-9-18(34-24)11-12-29;2*1-15(28)13-18(32-26(30)16-5-3-2-4-6-16)9-11-27-14-20-22(35-27)23-24(34-20)25(36-27)21-19(33-23)8-7-17(31-21)10-12-29;1-2-3/h2-6,18-26,29,31-32H,1,7-14H2;2-6,17-25,29H,1,7-14H2;2-6,12,17-25H,1,7-11,13-14H2;1H2/p+1/t18-,19-,20+,21-,22?,23+,24+,25+,26+;2*17-,18-,19+,20-,21+,22?,23+,24-,25?,27+;/m111./s1/i/hT. The van der Waals surface area contributed by atoms with E-state index >= 15 is 0 Å². The van der Waals surface area contributed by atoms with Crippen LogP contribution in [0.1, 0.15) is 166 Å². The molecule has 112 heavy (non-hydrogen) atoms. The van der Waals surface area contributed by atoms with E-state index in [0.29, 0.717) is 117 Å². The van der Waals surface area contributed by atoms with Crippen LogP contribution in [0.15, 0.2) is 124 Å². The number of carbonyl (C=O) groups excluding carboxylic acids is 5. The lowest BCUT2D eigenvalue weighted by atomic mass is 9.87. The van der Waals surface area contributed by atoms with Gasteiger partial charge >= 0.3 is 19.2 Å². The Morgan fingerprint density at radius 2 is 0.857 bits per heavy atom. The normalized spacial score (nSPS) is 37.8. The van der Waals surface area contributed by atoms with Crippen molar-refractivity contribution in [2.45, 2.75) is 311 Å². The Morgan fingerprint density at radius 1 is 0.500 bits per heavy atom. The molecular weight excluding hydrogens is 1710 g/mol. The number of carbonyl (C=O) groups is 5. The second-order valence-electron chi connectivity index (χ2n) is 31.0. The van der Waals surface area contributed by atoms with Gasteiger partial charge in [0.25, 0.3) is 0 Å². The van der Waals surface area contributed by atoms with Crippen LogP contribution in [0.4, 0.5) is 0 Å². The van der Waals surface area contributed by atoms with Crippen molar-refractivity contribution in [3.63, 3.8) is 0 Å². The van der Waals surface area contributed by atoms with E-state index in [4.69, 9.17) is 77.1 Å². The van der Waals surface area contributed by atoms with Gasteiger partial charge in [-0.3, -0.25) is 4.79 Å². The third-order valence-electron chi connectivity index (χ3n) is 23.3. The second kappa shape index (κ2) is 39.5. The summed E-state index contributed by atoms with van der Waals surface area (Å²) in [5, 5.41) is 40.4. The zero-order chi connectivity index (χ0) is 79.8. The first-order chi connectivity index (χ1) is 54.4. The minimum absolute atomic E-state index is 0.000520. The van der Waals surface area contributed by atoms with Crippen molar-refractivity contribution in [3.05, 3.63) is 141 Å². The van der Waals surface area contributed by atoms with Crippen LogP contribution in [-0.4, -0.2) is 241 Å². The molecule has 3 aromatic rings. The van der Waals surface area contributed by atoms with Crippen molar-refractivity contribution < 1.29 is 120 Å². The predicted molar refractivity (Wildman–Crippen MR) is 424 cm³/mol. The van der Waals surface area contributed by atoms with E-state index in [2.05, 4.69) is 88.3 Å². The molecule has 12 bridgehead atoms. The van der Waals surface area contributed by atoms with E-state index in [-0.39, 0.29) is 160 Å². The number of rotatable bonds is 29. The van der Waals surface area contributed by atoms with Gasteiger partial charge in [-0.2, -0.15) is 0 Å². The molecule has 25 nitrogen and oxygen atoms in total. The van der Waals surface area contributed by atoms with Gasteiger partial charge in [-0.15, -0.1) is 0 Å². The maximum atomic E-state index is 12.8. The number of Topliss-reactive ketones (excluding diaryl/α,β-unsaturated/α-hetero) is 1. The number of aldehydes is 1. The number of hydrogen-bond donors (Lipinski definition) is 4. The molecule has 15 fully saturated rings. The molecule has 0 saturated carbocycles. The fraction of sp³-hybridized carbons (Fsp3) is 0.642. The van der Waals surface area contributed by atoms with Gasteiger partial charge in [0.1, 0.15) is 122 Å². The molecule has 3 aromatic carbocycles. The fourth-order valence-electron chi connectivity index (χ4n) is 18.2. The largest absolute Gasteiger partial charge is 0.458 e. The SMILES string of the molecule is C=C(Br)C[C@@H](CCC(=O)C[C@H]1O[C@H]2[C@@H](O)[C@H]3O[C@@H](CCO)CC[C@@H]3O[C@H]2C1O)OC(=O)c1ccccc1.C=C(Br)C[C@@H](CC[C@@]12C[C@H]3O[C@H]4C(O1)[C@H]1O[C@@H](CC=O)CC[C@@H]1O[C@H]4C3O2)OC(=O)c1ccccc1.C=C(Br)C[C@@H](CC[C@@]12C[C@H]3O[C@H]4C(O1)[C@H]1O[C@@H](CCO)CC[C@@H]1O[C@H]4C3O2)OC(=O)c1ccccc1.[3H][P+](P)=S. The number of aliphatic hydroxyl groups is 4. The highest BCUT2D eigenvalue weighted by Crippen LogP contribution is 2.56. The van der Waals surface area contributed by atoms with Crippen LogP contribution in [0.3, 0.4) is 0 Å². The highest BCUT2D eigenvalue weighted by atomic mass is 79.9. The van der Waals surface area contributed by atoms with Gasteiger partial charge < -0.3 is 101 Å². The molecule has 0 aromatic heterocycles. The molecule has 18 rings (SSSR count). The summed E-state index contributed by atoms with van der Waals surface area (Å²) >= 11 is 14.5. The maximum absolute atomic E-state index is 12.8. The van der Waals surface area contributed by atoms with Crippen molar-refractivity contribution in [2.24, 2.45) is 0 Å². The summed E-state index contributed by atoms with van der Waals surface area (Å²) < 4.78 is 109. The van der Waals surface area contributed by atoms with E-state index in [1.165, 1.54) is 0 Å². The number of hydrogen-bond acceptors (Lipinski definition) is 26. The third kappa shape index (κ3) is 20.6. The average Bonchev–Trinajstić information content (AvgIpc) is 1.56. The predicted octanol–water partition coefficient (Wildman–Crippen LogP) is 10.8. The molecule has 15 aliphatic heterocycles. The monoisotopic (exact) mass is 1810 g/mol. The number of halogens is 3.